The van der Waals surface area contributed by atoms with Gasteiger partial charge in [0.2, 0.25) is 21.8 Å². The Morgan fingerprint density at radius 1 is 1.13 bits per heavy atom. The number of hydrogen-bond acceptors (Lipinski definition) is 6. The number of sulfonamides is 1. The molecule has 208 valence electrons. The van der Waals surface area contributed by atoms with Gasteiger partial charge in [0, 0.05) is 45.2 Å². The monoisotopic (exact) mass is 543 g/mol. The zero-order valence-electron chi connectivity index (χ0n) is 22.6. The molecule has 2 aliphatic heterocycles. The lowest BCUT2D eigenvalue weighted by Gasteiger charge is -2.40. The molecule has 3 unspecified atom stereocenters. The van der Waals surface area contributed by atoms with Gasteiger partial charge in [-0.15, -0.1) is 0 Å². The van der Waals surface area contributed by atoms with E-state index in [9.17, 15) is 23.3 Å². The number of hydrogen-bond donors (Lipinski definition) is 2. The van der Waals surface area contributed by atoms with Crippen LogP contribution in [0.15, 0.2) is 30.3 Å². The summed E-state index contributed by atoms with van der Waals surface area (Å²) >= 11 is 0. The number of nitrogens with zero attached hydrogens (tertiary/aromatic N) is 3. The van der Waals surface area contributed by atoms with Crippen LogP contribution in [0.25, 0.3) is 0 Å². The summed E-state index contributed by atoms with van der Waals surface area (Å²) in [6.45, 7) is 4.54. The fourth-order valence-electron chi connectivity index (χ4n) is 6.41. The van der Waals surface area contributed by atoms with Crippen LogP contribution in [0.3, 0.4) is 0 Å². The van der Waals surface area contributed by atoms with Gasteiger partial charge in [-0.1, -0.05) is 49.6 Å². The molecule has 2 saturated heterocycles. The fourth-order valence-corrected chi connectivity index (χ4v) is 7.21. The second-order valence-electron chi connectivity index (χ2n) is 11.7. The Hall–Kier alpha value is -2.48. The first-order valence-electron chi connectivity index (χ1n) is 13.8. The van der Waals surface area contributed by atoms with Crippen LogP contribution in [0, 0.1) is 22.7 Å². The Kier molecular flexibility index (Phi) is 8.80. The summed E-state index contributed by atoms with van der Waals surface area (Å²) in [6, 6.07) is 12.2. The number of nitriles is 1. The van der Waals surface area contributed by atoms with Crippen molar-refractivity contribution in [2.45, 2.75) is 76.4 Å². The van der Waals surface area contributed by atoms with Crippen molar-refractivity contribution >= 4 is 21.8 Å². The Labute approximate surface area is 227 Å². The van der Waals surface area contributed by atoms with E-state index in [-0.39, 0.29) is 30.2 Å². The highest BCUT2D eigenvalue weighted by atomic mass is 32.2. The molecule has 0 radical (unpaired) electrons. The lowest BCUT2D eigenvalue weighted by atomic mass is 9.67. The number of carbonyl (C=O) groups is 2. The van der Waals surface area contributed by atoms with Crippen LogP contribution < -0.4 is 10.0 Å². The van der Waals surface area contributed by atoms with E-state index in [1.54, 1.807) is 4.90 Å². The first kappa shape index (κ1) is 28.5. The maximum absolute atomic E-state index is 14.0. The Bertz CT molecular complexity index is 1150. The molecule has 0 aromatic heterocycles. The van der Waals surface area contributed by atoms with Crippen molar-refractivity contribution in [3.8, 4) is 6.07 Å². The number of rotatable bonds is 9. The van der Waals surface area contributed by atoms with E-state index in [4.69, 9.17) is 0 Å². The minimum absolute atomic E-state index is 0.0599. The summed E-state index contributed by atoms with van der Waals surface area (Å²) in [4.78, 5) is 31.3. The van der Waals surface area contributed by atoms with E-state index >= 15 is 0 Å². The van der Waals surface area contributed by atoms with Gasteiger partial charge in [-0.25, -0.2) is 13.1 Å². The third-order valence-corrected chi connectivity index (χ3v) is 9.39. The van der Waals surface area contributed by atoms with Crippen molar-refractivity contribution in [2.75, 3.05) is 32.4 Å². The normalized spacial score (nSPS) is 26.6. The average molecular weight is 544 g/mol. The summed E-state index contributed by atoms with van der Waals surface area (Å²) in [7, 11) is -3.36. The van der Waals surface area contributed by atoms with Crippen molar-refractivity contribution < 1.29 is 18.0 Å². The lowest BCUT2D eigenvalue weighted by molar-refractivity contribution is -0.144. The van der Waals surface area contributed by atoms with Crippen LogP contribution in [0.4, 0.5) is 0 Å². The Morgan fingerprint density at radius 3 is 2.50 bits per heavy atom. The summed E-state index contributed by atoms with van der Waals surface area (Å²) in [6.07, 6.45) is 7.23. The van der Waals surface area contributed by atoms with Crippen molar-refractivity contribution in [2.24, 2.45) is 11.3 Å². The maximum atomic E-state index is 14.0. The van der Waals surface area contributed by atoms with E-state index in [1.165, 1.54) is 5.56 Å². The highest BCUT2D eigenvalue weighted by Crippen LogP contribution is 2.42. The molecule has 3 aliphatic rings. The van der Waals surface area contributed by atoms with Gasteiger partial charge in [0.25, 0.3) is 0 Å². The van der Waals surface area contributed by atoms with Crippen molar-refractivity contribution in [3.63, 3.8) is 0 Å². The molecule has 38 heavy (non-hydrogen) atoms. The second kappa shape index (κ2) is 11.7. The molecule has 0 bridgehead atoms. The van der Waals surface area contributed by atoms with E-state index in [1.807, 2.05) is 25.1 Å². The van der Waals surface area contributed by atoms with Gasteiger partial charge in [0.05, 0.1) is 17.7 Å². The molecule has 3 fully saturated rings. The van der Waals surface area contributed by atoms with Gasteiger partial charge in [0.1, 0.15) is 5.54 Å². The molecule has 1 aromatic rings. The zero-order valence-corrected chi connectivity index (χ0v) is 23.4. The third kappa shape index (κ3) is 6.93. The van der Waals surface area contributed by atoms with Crippen LogP contribution in [-0.2, 0) is 26.2 Å². The average Bonchev–Trinajstić information content (AvgIpc) is 3.51. The minimum atomic E-state index is -3.36. The zero-order chi connectivity index (χ0) is 27.4. The molecule has 10 heteroatoms. The SMILES string of the molecule is CC(CC(=O)N1CCC(NS(C)(=O)=O)C1)(C(=O)NC1(C#N)CCN(Cc2ccccc2)C1)C1CCCCC1. The number of likely N-dealkylation sites (tertiary alicyclic amines) is 2. The third-order valence-electron chi connectivity index (χ3n) is 8.63. The van der Waals surface area contributed by atoms with Gasteiger partial charge >= 0.3 is 0 Å². The molecule has 1 aromatic carbocycles. The van der Waals surface area contributed by atoms with Gasteiger partial charge in [0.15, 0.2) is 0 Å². The summed E-state index contributed by atoms with van der Waals surface area (Å²) in [5.74, 6) is -0.287. The van der Waals surface area contributed by atoms with Crippen LogP contribution in [-0.4, -0.2) is 74.0 Å². The molecule has 1 aliphatic carbocycles. The molecule has 2 amide bonds. The second-order valence-corrected chi connectivity index (χ2v) is 13.5. The predicted molar refractivity (Wildman–Crippen MR) is 145 cm³/mol. The summed E-state index contributed by atoms with van der Waals surface area (Å²) in [5, 5.41) is 13.3. The van der Waals surface area contributed by atoms with Crippen LogP contribution in [0.2, 0.25) is 0 Å². The molecule has 4 rings (SSSR count). The van der Waals surface area contributed by atoms with Crippen LogP contribution in [0.1, 0.15) is 63.9 Å². The highest BCUT2D eigenvalue weighted by molar-refractivity contribution is 7.88. The molecule has 0 spiro atoms. The minimum Gasteiger partial charge on any atom is -0.341 e. The number of carbonyl (C=O) groups excluding carboxylic acids is 2. The molecule has 3 atom stereocenters. The largest absolute Gasteiger partial charge is 0.341 e. The molecule has 2 N–H and O–H groups in total. The highest BCUT2D eigenvalue weighted by Gasteiger charge is 2.48. The Balaban J connectivity index is 1.46. The van der Waals surface area contributed by atoms with Crippen molar-refractivity contribution in [1.82, 2.24) is 19.8 Å². The molecule has 2 heterocycles. The summed E-state index contributed by atoms with van der Waals surface area (Å²) in [5.41, 5.74) is -0.751. The topological polar surface area (TPSA) is 123 Å². The molecular formula is C28H41N5O4S. The van der Waals surface area contributed by atoms with Crippen molar-refractivity contribution in [3.05, 3.63) is 35.9 Å². The van der Waals surface area contributed by atoms with E-state index < -0.39 is 21.0 Å². The summed E-state index contributed by atoms with van der Waals surface area (Å²) < 4.78 is 25.9. The first-order valence-corrected chi connectivity index (χ1v) is 15.7. The molecule has 9 nitrogen and oxygen atoms in total. The molecule has 1 saturated carbocycles. The van der Waals surface area contributed by atoms with Gasteiger partial charge in [-0.3, -0.25) is 14.5 Å². The van der Waals surface area contributed by atoms with Crippen LogP contribution >= 0.6 is 0 Å². The molecular weight excluding hydrogens is 502 g/mol. The standard InChI is InChI=1S/C28H41N5O4S/c1-27(23-11-7-4-8-12-23,17-25(34)33-15-13-24(19-33)31-38(2,36)37)26(35)30-28(20-29)14-16-32(21-28)18-22-9-5-3-6-10-22/h3,5-6,9-10,23-24,31H,4,7-8,11-19,21H2,1-2H3,(H,30,35). The smallest absolute Gasteiger partial charge is 0.228 e. The van der Waals surface area contributed by atoms with Gasteiger partial charge in [-0.05, 0) is 44.1 Å². The van der Waals surface area contributed by atoms with E-state index in [2.05, 4.69) is 33.1 Å². The maximum Gasteiger partial charge on any atom is 0.228 e. The Morgan fingerprint density at radius 2 is 1.84 bits per heavy atom. The number of nitrogens with one attached hydrogen (secondary N) is 2. The number of benzene rings is 1. The van der Waals surface area contributed by atoms with Crippen LogP contribution in [0.5, 0.6) is 0 Å². The quantitative estimate of drug-likeness (QED) is 0.493. The first-order chi connectivity index (χ1) is 18.0. The van der Waals surface area contributed by atoms with Gasteiger partial charge in [-0.2, -0.15) is 5.26 Å². The van der Waals surface area contributed by atoms with Crippen molar-refractivity contribution in [1.29, 1.82) is 5.26 Å². The van der Waals surface area contributed by atoms with E-state index in [0.717, 1.165) is 44.9 Å². The lowest BCUT2D eigenvalue weighted by Crippen LogP contribution is -2.56. The fraction of sp³-hybridized carbons (Fsp3) is 0.679. The number of amides is 2. The van der Waals surface area contributed by atoms with E-state index in [0.29, 0.717) is 39.0 Å². The van der Waals surface area contributed by atoms with Gasteiger partial charge < -0.3 is 10.2 Å². The predicted octanol–water partition coefficient (Wildman–Crippen LogP) is 2.40.